The van der Waals surface area contributed by atoms with Gasteiger partial charge in [0.05, 0.1) is 12.4 Å². The number of ether oxygens (including phenoxy) is 1. The van der Waals surface area contributed by atoms with Crippen molar-refractivity contribution in [3.63, 3.8) is 0 Å². The van der Waals surface area contributed by atoms with Crippen LogP contribution >= 0.6 is 15.9 Å². The fraction of sp³-hybridized carbons (Fsp3) is 0.545. The van der Waals surface area contributed by atoms with Crippen LogP contribution in [-0.4, -0.2) is 34.6 Å². The Morgan fingerprint density at radius 2 is 2.28 bits per heavy atom. The second-order valence-electron chi connectivity index (χ2n) is 3.69. The molecule has 0 spiro atoms. The van der Waals surface area contributed by atoms with Gasteiger partial charge in [0.15, 0.2) is 0 Å². The minimum atomic E-state index is -2.48. The van der Waals surface area contributed by atoms with Crippen molar-refractivity contribution in [2.75, 3.05) is 19.0 Å². The lowest BCUT2D eigenvalue weighted by molar-refractivity contribution is 0.0235. The molecule has 0 aliphatic heterocycles. The van der Waals surface area contributed by atoms with Gasteiger partial charge in [0.1, 0.15) is 11.2 Å². The SMILES string of the molecule is Cc1cc(Br)ncc1CS(=O)CCOCC(F)F. The van der Waals surface area contributed by atoms with Crippen LogP contribution in [0, 0.1) is 6.92 Å². The van der Waals surface area contributed by atoms with Crippen LogP contribution in [0.25, 0.3) is 0 Å². The van der Waals surface area contributed by atoms with Crippen LogP contribution in [0.3, 0.4) is 0 Å². The highest BCUT2D eigenvalue weighted by Crippen LogP contribution is 2.14. The standard InChI is InChI=1S/C11H14BrF2NO2S/c1-8-4-10(12)15-5-9(8)7-18(16)3-2-17-6-11(13)14/h4-5,11H,2-3,6-7H2,1H3. The molecule has 0 N–H and O–H groups in total. The van der Waals surface area contributed by atoms with Gasteiger partial charge in [-0.3, -0.25) is 4.21 Å². The Bertz CT molecular complexity index is 418. The van der Waals surface area contributed by atoms with Gasteiger partial charge < -0.3 is 4.74 Å². The van der Waals surface area contributed by atoms with E-state index in [-0.39, 0.29) is 12.4 Å². The number of pyridine rings is 1. The highest BCUT2D eigenvalue weighted by Gasteiger charge is 2.07. The zero-order chi connectivity index (χ0) is 13.5. The summed E-state index contributed by atoms with van der Waals surface area (Å²) >= 11 is 3.25. The molecule has 0 amide bonds. The number of hydrogen-bond donors (Lipinski definition) is 0. The number of aryl methyl sites for hydroxylation is 1. The van der Waals surface area contributed by atoms with Gasteiger partial charge in [-0.05, 0) is 40.0 Å². The first-order valence-electron chi connectivity index (χ1n) is 5.31. The molecule has 0 saturated carbocycles. The van der Waals surface area contributed by atoms with Gasteiger partial charge in [-0.15, -0.1) is 0 Å². The summed E-state index contributed by atoms with van der Waals surface area (Å²) in [5.41, 5.74) is 1.89. The topological polar surface area (TPSA) is 39.2 Å². The van der Waals surface area contributed by atoms with E-state index in [4.69, 9.17) is 0 Å². The van der Waals surface area contributed by atoms with E-state index in [0.717, 1.165) is 15.7 Å². The lowest BCUT2D eigenvalue weighted by atomic mass is 10.2. The molecule has 7 heteroatoms. The quantitative estimate of drug-likeness (QED) is 0.565. The van der Waals surface area contributed by atoms with Gasteiger partial charge in [-0.1, -0.05) is 0 Å². The molecule has 1 rings (SSSR count). The van der Waals surface area contributed by atoms with E-state index < -0.39 is 23.8 Å². The minimum Gasteiger partial charge on any atom is -0.375 e. The lowest BCUT2D eigenvalue weighted by Gasteiger charge is -2.06. The Labute approximate surface area is 116 Å². The third kappa shape index (κ3) is 5.97. The summed E-state index contributed by atoms with van der Waals surface area (Å²) in [6.45, 7) is 1.39. The van der Waals surface area contributed by atoms with E-state index in [1.807, 2.05) is 13.0 Å². The molecular weight excluding hydrogens is 328 g/mol. The van der Waals surface area contributed by atoms with E-state index in [9.17, 15) is 13.0 Å². The summed E-state index contributed by atoms with van der Waals surface area (Å²) in [5, 5.41) is 0. The maximum absolute atomic E-state index is 11.8. The van der Waals surface area contributed by atoms with Crippen LogP contribution in [0.2, 0.25) is 0 Å². The van der Waals surface area contributed by atoms with Crippen molar-refractivity contribution in [2.24, 2.45) is 0 Å². The lowest BCUT2D eigenvalue weighted by Crippen LogP contribution is -2.12. The summed E-state index contributed by atoms with van der Waals surface area (Å²) in [6, 6.07) is 1.85. The maximum atomic E-state index is 11.8. The summed E-state index contributed by atoms with van der Waals surface area (Å²) in [5.74, 6) is 0.617. The third-order valence-corrected chi connectivity index (χ3v) is 3.89. The third-order valence-electron chi connectivity index (χ3n) is 2.20. The molecule has 102 valence electrons. The molecule has 0 aliphatic rings. The van der Waals surface area contributed by atoms with Gasteiger partial charge in [0.2, 0.25) is 0 Å². The van der Waals surface area contributed by atoms with E-state index in [2.05, 4.69) is 25.7 Å². The molecule has 0 radical (unpaired) electrons. The van der Waals surface area contributed by atoms with Gasteiger partial charge in [0, 0.05) is 22.7 Å². The number of hydrogen-bond acceptors (Lipinski definition) is 3. The zero-order valence-corrected chi connectivity index (χ0v) is 12.3. The van der Waals surface area contributed by atoms with Crippen LogP contribution in [0.15, 0.2) is 16.9 Å². The summed E-state index contributed by atoms with van der Waals surface area (Å²) < 4.78 is 40.7. The van der Waals surface area contributed by atoms with Crippen molar-refractivity contribution >= 4 is 26.7 Å². The first-order valence-corrected chi connectivity index (χ1v) is 7.59. The van der Waals surface area contributed by atoms with Gasteiger partial charge >= 0.3 is 0 Å². The Hall–Kier alpha value is -0.400. The highest BCUT2D eigenvalue weighted by molar-refractivity contribution is 9.10. The van der Waals surface area contributed by atoms with E-state index in [0.29, 0.717) is 5.75 Å². The van der Waals surface area contributed by atoms with Crippen LogP contribution < -0.4 is 0 Å². The van der Waals surface area contributed by atoms with Gasteiger partial charge in [0.25, 0.3) is 6.43 Å². The van der Waals surface area contributed by atoms with Gasteiger partial charge in [-0.2, -0.15) is 0 Å². The van der Waals surface area contributed by atoms with Crippen LogP contribution in [0.5, 0.6) is 0 Å². The van der Waals surface area contributed by atoms with Crippen LogP contribution in [-0.2, 0) is 21.3 Å². The zero-order valence-electron chi connectivity index (χ0n) is 9.87. The summed E-state index contributed by atoms with van der Waals surface area (Å²) in [7, 11) is -1.13. The second-order valence-corrected chi connectivity index (χ2v) is 6.08. The molecule has 1 aromatic heterocycles. The molecule has 1 unspecified atom stereocenters. The van der Waals surface area contributed by atoms with Crippen molar-refractivity contribution in [3.05, 3.63) is 28.0 Å². The fourth-order valence-electron chi connectivity index (χ4n) is 1.27. The Morgan fingerprint density at radius 3 is 2.89 bits per heavy atom. The Kier molecular flexibility index (Phi) is 6.88. The average Bonchev–Trinajstić information content (AvgIpc) is 2.28. The maximum Gasteiger partial charge on any atom is 0.261 e. The molecule has 0 aromatic carbocycles. The predicted molar refractivity (Wildman–Crippen MR) is 70.2 cm³/mol. The first kappa shape index (κ1) is 15.7. The van der Waals surface area contributed by atoms with E-state index in [1.165, 1.54) is 0 Å². The molecule has 0 saturated heterocycles. The Balaban J connectivity index is 2.35. The molecule has 1 atom stereocenters. The number of nitrogens with zero attached hydrogens (tertiary/aromatic N) is 1. The molecule has 1 aromatic rings. The van der Waals surface area contributed by atoms with E-state index in [1.54, 1.807) is 6.20 Å². The molecule has 18 heavy (non-hydrogen) atoms. The molecule has 3 nitrogen and oxygen atoms in total. The molecule has 1 heterocycles. The average molecular weight is 342 g/mol. The largest absolute Gasteiger partial charge is 0.375 e. The number of aromatic nitrogens is 1. The number of rotatable bonds is 7. The number of alkyl halides is 2. The summed E-state index contributed by atoms with van der Waals surface area (Å²) in [4.78, 5) is 4.06. The van der Waals surface area contributed by atoms with Crippen molar-refractivity contribution in [1.29, 1.82) is 0 Å². The van der Waals surface area contributed by atoms with Crippen molar-refractivity contribution in [2.45, 2.75) is 19.1 Å². The predicted octanol–water partition coefficient (Wildman–Crippen LogP) is 2.68. The van der Waals surface area contributed by atoms with Crippen LogP contribution in [0.4, 0.5) is 8.78 Å². The van der Waals surface area contributed by atoms with Crippen molar-refractivity contribution in [3.8, 4) is 0 Å². The highest BCUT2D eigenvalue weighted by atomic mass is 79.9. The molecule has 0 bridgehead atoms. The molecule has 0 fully saturated rings. The second kappa shape index (κ2) is 7.91. The van der Waals surface area contributed by atoms with Crippen molar-refractivity contribution in [1.82, 2.24) is 4.98 Å². The first-order chi connectivity index (χ1) is 8.49. The molecule has 0 aliphatic carbocycles. The summed E-state index contributed by atoms with van der Waals surface area (Å²) in [6.07, 6.45) is -0.812. The fourth-order valence-corrected chi connectivity index (χ4v) is 2.81. The number of halogens is 3. The van der Waals surface area contributed by atoms with Gasteiger partial charge in [-0.25, -0.2) is 13.8 Å². The van der Waals surface area contributed by atoms with Crippen LogP contribution in [0.1, 0.15) is 11.1 Å². The normalized spacial score (nSPS) is 12.9. The van der Waals surface area contributed by atoms with E-state index >= 15 is 0 Å². The molecular formula is C11H14BrF2NO2S. The Morgan fingerprint density at radius 1 is 1.56 bits per heavy atom. The monoisotopic (exact) mass is 341 g/mol. The van der Waals surface area contributed by atoms with Crippen molar-refractivity contribution < 1.29 is 17.7 Å². The minimum absolute atomic E-state index is 0.0833. The smallest absolute Gasteiger partial charge is 0.261 e.